The van der Waals surface area contributed by atoms with Gasteiger partial charge >= 0.3 is 0 Å². The van der Waals surface area contributed by atoms with E-state index in [9.17, 15) is 10.2 Å². The zero-order chi connectivity index (χ0) is 23.5. The molecule has 0 bridgehead atoms. The molecular formula is C27H44N4O2. The predicted molar refractivity (Wildman–Crippen MR) is 133 cm³/mol. The number of hydrazone groups is 1. The van der Waals surface area contributed by atoms with Gasteiger partial charge in [0.2, 0.25) is 5.96 Å². The molecule has 184 valence electrons. The fourth-order valence-electron chi connectivity index (χ4n) is 8.67. The SMILES string of the molecule is CC(C=NNC1=NCCN1C)=C[C@]1(O)CC[C@@]2(C)[C@H](CC[C@@H]3[C@@H]2CC[C@]2(C)CCC[C@]32O)C1. The van der Waals surface area contributed by atoms with Crippen LogP contribution in [-0.4, -0.2) is 58.6 Å². The number of guanidine groups is 1. The van der Waals surface area contributed by atoms with Gasteiger partial charge in [-0.25, -0.2) is 10.4 Å². The first-order valence-corrected chi connectivity index (χ1v) is 13.3. The van der Waals surface area contributed by atoms with Gasteiger partial charge in [-0.1, -0.05) is 13.8 Å². The molecule has 5 aliphatic rings. The monoisotopic (exact) mass is 456 g/mol. The Balaban J connectivity index is 1.27. The molecule has 5 rings (SSSR count). The van der Waals surface area contributed by atoms with Gasteiger partial charge in [0.15, 0.2) is 0 Å². The van der Waals surface area contributed by atoms with E-state index >= 15 is 0 Å². The molecule has 0 unspecified atom stereocenters. The molecule has 7 atom stereocenters. The second-order valence-corrected chi connectivity index (χ2v) is 12.6. The molecule has 0 aromatic heterocycles. The molecule has 0 spiro atoms. The molecule has 0 aromatic rings. The van der Waals surface area contributed by atoms with Gasteiger partial charge in [0.1, 0.15) is 0 Å². The maximum Gasteiger partial charge on any atom is 0.214 e. The van der Waals surface area contributed by atoms with E-state index in [-0.39, 0.29) is 10.8 Å². The van der Waals surface area contributed by atoms with Crippen molar-refractivity contribution in [3.05, 3.63) is 11.6 Å². The van der Waals surface area contributed by atoms with Crippen LogP contribution in [0.3, 0.4) is 0 Å². The molecule has 6 nitrogen and oxygen atoms in total. The standard InChI is InChI=1S/C27H44N4O2/c1-19(18-29-30-23-28-14-15-31(23)4)16-26(32)13-12-25(3)20(17-26)6-7-22-21(25)8-11-24(2)9-5-10-27(22,24)33/h16,18,20-22,32-33H,5-15,17H2,1-4H3,(H,28,30)/t20-,21+,22-,24+,25+,26-,27+/m1/s1. The highest BCUT2D eigenvalue weighted by molar-refractivity contribution is 5.84. The Morgan fingerprint density at radius 1 is 1.09 bits per heavy atom. The maximum absolute atomic E-state index is 11.9. The fourth-order valence-corrected chi connectivity index (χ4v) is 8.67. The van der Waals surface area contributed by atoms with Crippen LogP contribution >= 0.6 is 0 Å². The Hall–Kier alpha value is -1.40. The molecule has 0 amide bonds. The summed E-state index contributed by atoms with van der Waals surface area (Å²) in [6.45, 7) is 8.58. The molecule has 4 aliphatic carbocycles. The minimum absolute atomic E-state index is 0.124. The lowest BCUT2D eigenvalue weighted by Gasteiger charge is -2.63. The molecule has 6 heteroatoms. The zero-order valence-electron chi connectivity index (χ0n) is 21.1. The van der Waals surface area contributed by atoms with Crippen LogP contribution in [0.25, 0.3) is 0 Å². The van der Waals surface area contributed by atoms with E-state index in [0.717, 1.165) is 63.1 Å². The Kier molecular flexibility index (Phi) is 5.72. The second kappa shape index (κ2) is 8.08. The van der Waals surface area contributed by atoms with Crippen LogP contribution in [0.15, 0.2) is 21.7 Å². The second-order valence-electron chi connectivity index (χ2n) is 12.6. The van der Waals surface area contributed by atoms with Crippen molar-refractivity contribution in [2.24, 2.45) is 38.7 Å². The van der Waals surface area contributed by atoms with E-state index in [2.05, 4.69) is 34.3 Å². The summed E-state index contributed by atoms with van der Waals surface area (Å²) in [6.07, 6.45) is 14.5. The Morgan fingerprint density at radius 3 is 2.67 bits per heavy atom. The number of nitrogens with zero attached hydrogens (tertiary/aromatic N) is 3. The number of allylic oxidation sites excluding steroid dienone is 1. The Labute approximate surface area is 199 Å². The lowest BCUT2D eigenvalue weighted by molar-refractivity contribution is -0.206. The third-order valence-corrected chi connectivity index (χ3v) is 10.7. The molecule has 0 radical (unpaired) electrons. The molecule has 4 saturated carbocycles. The maximum atomic E-state index is 11.9. The van der Waals surface area contributed by atoms with Crippen LogP contribution < -0.4 is 5.43 Å². The predicted octanol–water partition coefficient (Wildman–Crippen LogP) is 4.09. The minimum atomic E-state index is -0.762. The molecule has 33 heavy (non-hydrogen) atoms. The molecule has 0 aromatic carbocycles. The van der Waals surface area contributed by atoms with E-state index < -0.39 is 11.2 Å². The molecule has 1 aliphatic heterocycles. The first-order valence-electron chi connectivity index (χ1n) is 13.3. The van der Waals surface area contributed by atoms with Crippen molar-refractivity contribution in [2.75, 3.05) is 20.1 Å². The van der Waals surface area contributed by atoms with Gasteiger partial charge in [0.25, 0.3) is 0 Å². The lowest BCUT2D eigenvalue weighted by atomic mass is 9.43. The summed E-state index contributed by atoms with van der Waals surface area (Å²) in [5.41, 5.74) is 3.13. The topological polar surface area (TPSA) is 80.5 Å². The summed E-state index contributed by atoms with van der Waals surface area (Å²) < 4.78 is 0. The van der Waals surface area contributed by atoms with Crippen LogP contribution in [0, 0.1) is 28.6 Å². The highest BCUT2D eigenvalue weighted by Crippen LogP contribution is 2.68. The van der Waals surface area contributed by atoms with Crippen LogP contribution in [0.2, 0.25) is 0 Å². The van der Waals surface area contributed by atoms with Crippen LogP contribution in [0.1, 0.15) is 85.0 Å². The normalized spacial score (nSPS) is 47.8. The summed E-state index contributed by atoms with van der Waals surface area (Å²) in [7, 11) is 2.01. The van der Waals surface area contributed by atoms with Crippen molar-refractivity contribution in [3.8, 4) is 0 Å². The fraction of sp³-hybridized carbons (Fsp3) is 0.852. The highest BCUT2D eigenvalue weighted by Gasteiger charge is 2.65. The number of aliphatic hydroxyl groups is 2. The van der Waals surface area contributed by atoms with E-state index in [1.807, 2.05) is 20.0 Å². The van der Waals surface area contributed by atoms with Gasteiger partial charge in [-0.05, 0) is 111 Å². The average molecular weight is 457 g/mol. The Bertz CT molecular complexity index is 870. The van der Waals surface area contributed by atoms with Gasteiger partial charge in [0.05, 0.1) is 17.7 Å². The van der Waals surface area contributed by atoms with Crippen LogP contribution in [0.5, 0.6) is 0 Å². The number of aliphatic imine (C=N–C) groups is 1. The lowest BCUT2D eigenvalue weighted by Crippen LogP contribution is -2.61. The minimum Gasteiger partial charge on any atom is -0.389 e. The number of likely N-dealkylation sites (N-methyl/N-ethyl adjacent to an activating group) is 1. The number of rotatable bonds is 3. The van der Waals surface area contributed by atoms with Crippen molar-refractivity contribution in [1.82, 2.24) is 10.3 Å². The van der Waals surface area contributed by atoms with Crippen molar-refractivity contribution in [3.63, 3.8) is 0 Å². The summed E-state index contributed by atoms with van der Waals surface area (Å²) in [5, 5.41) is 27.8. The summed E-state index contributed by atoms with van der Waals surface area (Å²) in [4.78, 5) is 6.44. The van der Waals surface area contributed by atoms with E-state index in [4.69, 9.17) is 0 Å². The summed E-state index contributed by atoms with van der Waals surface area (Å²) >= 11 is 0. The first-order chi connectivity index (χ1) is 15.6. The quantitative estimate of drug-likeness (QED) is 0.441. The van der Waals surface area contributed by atoms with E-state index in [1.165, 1.54) is 25.7 Å². The molecular weight excluding hydrogens is 412 g/mol. The van der Waals surface area contributed by atoms with Crippen molar-refractivity contribution in [2.45, 2.75) is 96.2 Å². The molecule has 3 N–H and O–H groups in total. The summed E-state index contributed by atoms with van der Waals surface area (Å²) in [5.74, 6) is 2.36. The van der Waals surface area contributed by atoms with Gasteiger partial charge in [-0.2, -0.15) is 5.10 Å². The van der Waals surface area contributed by atoms with Gasteiger partial charge in [-0.15, -0.1) is 0 Å². The highest BCUT2D eigenvalue weighted by atomic mass is 16.3. The molecule has 4 fully saturated rings. The van der Waals surface area contributed by atoms with Gasteiger partial charge < -0.3 is 15.1 Å². The van der Waals surface area contributed by atoms with Gasteiger partial charge in [-0.3, -0.25) is 0 Å². The average Bonchev–Trinajstić information content (AvgIpc) is 3.30. The smallest absolute Gasteiger partial charge is 0.214 e. The van der Waals surface area contributed by atoms with Crippen LogP contribution in [-0.2, 0) is 0 Å². The van der Waals surface area contributed by atoms with Crippen molar-refractivity contribution < 1.29 is 10.2 Å². The third kappa shape index (κ3) is 3.76. The zero-order valence-corrected chi connectivity index (χ0v) is 21.1. The number of hydrogen-bond donors (Lipinski definition) is 3. The van der Waals surface area contributed by atoms with E-state index in [0.29, 0.717) is 17.8 Å². The first kappa shape index (κ1) is 23.3. The number of fused-ring (bicyclic) bond motifs is 5. The van der Waals surface area contributed by atoms with Crippen LogP contribution in [0.4, 0.5) is 0 Å². The molecule has 1 heterocycles. The Morgan fingerprint density at radius 2 is 1.91 bits per heavy atom. The van der Waals surface area contributed by atoms with E-state index in [1.54, 1.807) is 6.21 Å². The third-order valence-electron chi connectivity index (χ3n) is 10.7. The van der Waals surface area contributed by atoms with Crippen molar-refractivity contribution >= 4 is 12.2 Å². The number of hydrogen-bond acceptors (Lipinski definition) is 6. The summed E-state index contributed by atoms with van der Waals surface area (Å²) in [6, 6.07) is 0. The van der Waals surface area contributed by atoms with Crippen molar-refractivity contribution in [1.29, 1.82) is 0 Å². The number of nitrogens with one attached hydrogen (secondary N) is 1. The largest absolute Gasteiger partial charge is 0.389 e. The van der Waals surface area contributed by atoms with Gasteiger partial charge in [0, 0.05) is 19.8 Å². The molecule has 0 saturated heterocycles.